The standard InChI is InChI=1S/C61H98O6/c1-4-7-10-13-16-19-22-25-28-30-33-36-39-42-45-48-51-54-60(63)66-57-58(56-65-59(62)53-50-47-44-41-38-35-32-27-24-21-18-15-12-9-6-3)67-61(64)55-52-49-46-43-40-37-34-31-29-26-23-20-17-14-11-8-5-2/h7,9-10,12,16,18-19,21,25-29,32-33,36,38,41-42,45,58H,4-6,8,11,13-15,17,20,22-24,30-31,34-35,37,39-40,43-44,46-57H2,1-3H3/b10-7-,12-9-,19-16-,21-18-,28-25-,29-26-,32-27-,36-33-,41-38-,45-42-/t58-/m0/s1. The molecule has 0 radical (unpaired) electrons. The molecule has 0 amide bonds. The minimum absolute atomic E-state index is 0.122. The Bertz CT molecular complexity index is 1440. The molecule has 0 bridgehead atoms. The SMILES string of the molecule is CC/C=C\C/C=C\C/C=C\C/C=C\C/C=C\CCCC(=O)OC[C@H](COC(=O)CCCC/C=C\C/C=C\C/C=C\C/C=C\CC)OC(=O)CCCCCCCCC/C=C\CCCCCCCC. The Hall–Kier alpha value is -4.19. The molecule has 1 atom stereocenters. The topological polar surface area (TPSA) is 78.9 Å². The molecule has 0 saturated carbocycles. The van der Waals surface area contributed by atoms with E-state index in [4.69, 9.17) is 14.2 Å². The fourth-order valence-corrected chi connectivity index (χ4v) is 6.93. The van der Waals surface area contributed by atoms with Crippen LogP contribution in [-0.2, 0) is 28.6 Å². The number of allylic oxidation sites excluding steroid dienone is 20. The number of carbonyl (C=O) groups is 3. The highest BCUT2D eigenvalue weighted by atomic mass is 16.6. The van der Waals surface area contributed by atoms with Crippen LogP contribution in [0, 0.1) is 0 Å². The van der Waals surface area contributed by atoms with Gasteiger partial charge in [-0.05, 0) is 122 Å². The highest BCUT2D eigenvalue weighted by Gasteiger charge is 2.19. The van der Waals surface area contributed by atoms with Gasteiger partial charge in [-0.3, -0.25) is 14.4 Å². The van der Waals surface area contributed by atoms with Crippen LogP contribution < -0.4 is 0 Å². The Morgan fingerprint density at radius 3 is 1.01 bits per heavy atom. The first-order valence-electron chi connectivity index (χ1n) is 27.0. The maximum atomic E-state index is 12.8. The fraction of sp³-hybridized carbons (Fsp3) is 0.623. The molecule has 0 N–H and O–H groups in total. The Balaban J connectivity index is 4.56. The van der Waals surface area contributed by atoms with Gasteiger partial charge in [-0.25, -0.2) is 0 Å². The van der Waals surface area contributed by atoms with Gasteiger partial charge in [-0.1, -0.05) is 206 Å². The van der Waals surface area contributed by atoms with Crippen LogP contribution in [0.2, 0.25) is 0 Å². The molecule has 0 heterocycles. The molecule has 0 aliphatic rings. The molecule has 0 aromatic rings. The van der Waals surface area contributed by atoms with Crippen molar-refractivity contribution in [3.8, 4) is 0 Å². The number of unbranched alkanes of at least 4 members (excludes halogenated alkanes) is 16. The van der Waals surface area contributed by atoms with E-state index in [1.807, 2.05) is 0 Å². The lowest BCUT2D eigenvalue weighted by Crippen LogP contribution is -2.30. The summed E-state index contributed by atoms with van der Waals surface area (Å²) in [6, 6.07) is 0. The van der Waals surface area contributed by atoms with Crippen molar-refractivity contribution in [2.45, 2.75) is 232 Å². The van der Waals surface area contributed by atoms with Gasteiger partial charge in [0.1, 0.15) is 13.2 Å². The third-order valence-electron chi connectivity index (χ3n) is 10.9. The molecule has 6 nitrogen and oxygen atoms in total. The van der Waals surface area contributed by atoms with Crippen LogP contribution in [0.1, 0.15) is 226 Å². The molecule has 0 unspecified atom stereocenters. The van der Waals surface area contributed by atoms with E-state index < -0.39 is 6.10 Å². The van der Waals surface area contributed by atoms with E-state index in [2.05, 4.69) is 142 Å². The van der Waals surface area contributed by atoms with Gasteiger partial charge in [0.15, 0.2) is 6.10 Å². The van der Waals surface area contributed by atoms with Gasteiger partial charge in [-0.15, -0.1) is 0 Å². The molecule has 0 aliphatic heterocycles. The second-order valence-corrected chi connectivity index (χ2v) is 17.4. The van der Waals surface area contributed by atoms with Crippen LogP contribution in [-0.4, -0.2) is 37.2 Å². The largest absolute Gasteiger partial charge is 0.462 e. The van der Waals surface area contributed by atoms with E-state index in [0.29, 0.717) is 25.7 Å². The smallest absolute Gasteiger partial charge is 0.306 e. The molecule has 0 aromatic heterocycles. The maximum absolute atomic E-state index is 12.8. The van der Waals surface area contributed by atoms with Crippen molar-refractivity contribution in [2.24, 2.45) is 0 Å². The van der Waals surface area contributed by atoms with Gasteiger partial charge in [0.05, 0.1) is 0 Å². The van der Waals surface area contributed by atoms with Crippen LogP contribution in [0.15, 0.2) is 122 Å². The highest BCUT2D eigenvalue weighted by Crippen LogP contribution is 2.13. The molecule has 0 aromatic carbocycles. The van der Waals surface area contributed by atoms with E-state index in [1.165, 1.54) is 77.0 Å². The summed E-state index contributed by atoms with van der Waals surface area (Å²) in [6.45, 7) is 6.31. The predicted molar refractivity (Wildman–Crippen MR) is 288 cm³/mol. The first kappa shape index (κ1) is 62.8. The summed E-state index contributed by atoms with van der Waals surface area (Å²) in [6.07, 6.45) is 74.8. The molecule has 378 valence electrons. The number of carbonyl (C=O) groups excluding carboxylic acids is 3. The Morgan fingerprint density at radius 2 is 0.597 bits per heavy atom. The highest BCUT2D eigenvalue weighted by molar-refractivity contribution is 5.71. The first-order valence-corrected chi connectivity index (χ1v) is 27.0. The number of rotatable bonds is 47. The molecular formula is C61H98O6. The van der Waals surface area contributed by atoms with Crippen molar-refractivity contribution < 1.29 is 28.6 Å². The lowest BCUT2D eigenvalue weighted by Gasteiger charge is -2.18. The number of hydrogen-bond donors (Lipinski definition) is 0. The summed E-state index contributed by atoms with van der Waals surface area (Å²) >= 11 is 0. The van der Waals surface area contributed by atoms with E-state index >= 15 is 0 Å². The van der Waals surface area contributed by atoms with Gasteiger partial charge in [0.2, 0.25) is 0 Å². The number of hydrogen-bond acceptors (Lipinski definition) is 6. The van der Waals surface area contributed by atoms with Crippen molar-refractivity contribution >= 4 is 17.9 Å². The van der Waals surface area contributed by atoms with Gasteiger partial charge in [0.25, 0.3) is 0 Å². The lowest BCUT2D eigenvalue weighted by molar-refractivity contribution is -0.167. The second-order valence-electron chi connectivity index (χ2n) is 17.4. The normalized spacial score (nSPS) is 13.1. The maximum Gasteiger partial charge on any atom is 0.306 e. The molecule has 0 rings (SSSR count). The predicted octanol–water partition coefficient (Wildman–Crippen LogP) is 18.1. The summed E-state index contributed by atoms with van der Waals surface area (Å²) in [5.74, 6) is -1.03. The zero-order valence-corrected chi connectivity index (χ0v) is 43.1. The molecule has 0 fully saturated rings. The van der Waals surface area contributed by atoms with Crippen molar-refractivity contribution in [1.82, 2.24) is 0 Å². The number of ether oxygens (including phenoxy) is 3. The quantitative estimate of drug-likeness (QED) is 0.0262. The third kappa shape index (κ3) is 52.6. The van der Waals surface area contributed by atoms with Crippen LogP contribution in [0.25, 0.3) is 0 Å². The van der Waals surface area contributed by atoms with Crippen LogP contribution in [0.4, 0.5) is 0 Å². The third-order valence-corrected chi connectivity index (χ3v) is 10.9. The number of esters is 3. The Kier molecular flexibility index (Phi) is 51.0. The van der Waals surface area contributed by atoms with Crippen molar-refractivity contribution in [3.63, 3.8) is 0 Å². The van der Waals surface area contributed by atoms with Crippen LogP contribution in [0.5, 0.6) is 0 Å². The summed E-state index contributed by atoms with van der Waals surface area (Å²) < 4.78 is 16.7. The minimum Gasteiger partial charge on any atom is -0.462 e. The van der Waals surface area contributed by atoms with Gasteiger partial charge in [0, 0.05) is 19.3 Å². The molecule has 0 saturated heterocycles. The zero-order valence-electron chi connectivity index (χ0n) is 43.1. The van der Waals surface area contributed by atoms with Crippen molar-refractivity contribution in [1.29, 1.82) is 0 Å². The van der Waals surface area contributed by atoms with E-state index in [-0.39, 0.29) is 37.5 Å². The molecule has 0 aliphatic carbocycles. The van der Waals surface area contributed by atoms with Crippen LogP contribution in [0.3, 0.4) is 0 Å². The lowest BCUT2D eigenvalue weighted by atomic mass is 10.1. The Labute approximate surface area is 412 Å². The van der Waals surface area contributed by atoms with Gasteiger partial charge in [-0.2, -0.15) is 0 Å². The van der Waals surface area contributed by atoms with Gasteiger partial charge >= 0.3 is 17.9 Å². The minimum atomic E-state index is -0.824. The van der Waals surface area contributed by atoms with E-state index in [9.17, 15) is 14.4 Å². The van der Waals surface area contributed by atoms with Crippen molar-refractivity contribution in [3.05, 3.63) is 122 Å². The van der Waals surface area contributed by atoms with Crippen molar-refractivity contribution in [2.75, 3.05) is 13.2 Å². The van der Waals surface area contributed by atoms with E-state index in [1.54, 1.807) is 0 Å². The second kappa shape index (κ2) is 54.4. The molecule has 67 heavy (non-hydrogen) atoms. The summed E-state index contributed by atoms with van der Waals surface area (Å²) in [7, 11) is 0. The zero-order chi connectivity index (χ0) is 48.6. The first-order chi connectivity index (χ1) is 33.0. The van der Waals surface area contributed by atoms with E-state index in [0.717, 1.165) is 96.3 Å². The fourth-order valence-electron chi connectivity index (χ4n) is 6.93. The monoisotopic (exact) mass is 927 g/mol. The van der Waals surface area contributed by atoms with Gasteiger partial charge < -0.3 is 14.2 Å². The molecule has 0 spiro atoms. The molecular weight excluding hydrogens is 829 g/mol. The summed E-state index contributed by atoms with van der Waals surface area (Å²) in [5, 5.41) is 0. The summed E-state index contributed by atoms with van der Waals surface area (Å²) in [5.41, 5.74) is 0. The van der Waals surface area contributed by atoms with Crippen LogP contribution >= 0.6 is 0 Å². The average molecular weight is 927 g/mol. The summed E-state index contributed by atoms with van der Waals surface area (Å²) in [4.78, 5) is 38.0. The molecule has 6 heteroatoms. The average Bonchev–Trinajstić information content (AvgIpc) is 3.33. The Morgan fingerprint density at radius 1 is 0.313 bits per heavy atom.